The largest absolute Gasteiger partial charge is 0.495 e. The summed E-state index contributed by atoms with van der Waals surface area (Å²) in [7, 11) is -0.296. The Bertz CT molecular complexity index is 1200. The van der Waals surface area contributed by atoms with Crippen LogP contribution in [0.2, 0.25) is 5.02 Å². The number of unbranched alkanes of at least 4 members (excludes halogenated alkanes) is 1. The fraction of sp³-hybridized carbons (Fsp3) is 0.500. The summed E-state index contributed by atoms with van der Waals surface area (Å²) in [5.41, 5.74) is 2.57. The molecule has 2 N–H and O–H groups in total. The van der Waals surface area contributed by atoms with Gasteiger partial charge in [0.1, 0.15) is 11.6 Å². The third kappa shape index (κ3) is 6.10. The monoisotopic (exact) mass is 521 g/mol. The van der Waals surface area contributed by atoms with Crippen molar-refractivity contribution in [3.63, 3.8) is 0 Å². The Morgan fingerprint density at radius 1 is 1.06 bits per heavy atom. The van der Waals surface area contributed by atoms with E-state index in [-0.39, 0.29) is 12.1 Å². The molecule has 3 rings (SSSR count). The minimum Gasteiger partial charge on any atom is -0.495 e. The molecule has 0 aliphatic carbocycles. The standard InChI is InChI=1S/C26H37ClN3O4P/c1-17(2)30(18(3)4)35(32,34-6)25(31)9-7-8-14-28-26-21-15-19-10-11-20(27)16-23(19)29-22(21)12-13-24(26)33-5/h10-13,15-18,25,28,31H,7-9,14H2,1-6H3. The van der Waals surface area contributed by atoms with Crippen molar-refractivity contribution in [2.24, 2.45) is 0 Å². The summed E-state index contributed by atoms with van der Waals surface area (Å²) in [6, 6.07) is 11.6. The van der Waals surface area contributed by atoms with Gasteiger partial charge in [-0.25, -0.2) is 9.65 Å². The molecule has 0 bridgehead atoms. The van der Waals surface area contributed by atoms with Crippen LogP contribution < -0.4 is 10.1 Å². The number of methoxy groups -OCH3 is 1. The number of nitrogens with one attached hydrogen (secondary N) is 1. The average Bonchev–Trinajstić information content (AvgIpc) is 2.81. The number of rotatable bonds is 12. The molecule has 9 heteroatoms. The zero-order chi connectivity index (χ0) is 25.8. The van der Waals surface area contributed by atoms with Crippen LogP contribution in [0.25, 0.3) is 21.8 Å². The van der Waals surface area contributed by atoms with Crippen LogP contribution in [0.4, 0.5) is 5.69 Å². The van der Waals surface area contributed by atoms with Gasteiger partial charge in [0, 0.05) is 41.5 Å². The van der Waals surface area contributed by atoms with E-state index in [2.05, 4.69) is 11.4 Å². The topological polar surface area (TPSA) is 83.9 Å². The Morgan fingerprint density at radius 3 is 2.40 bits per heavy atom. The number of hydrogen-bond acceptors (Lipinski definition) is 6. The van der Waals surface area contributed by atoms with Crippen molar-refractivity contribution < 1.29 is 18.9 Å². The summed E-state index contributed by atoms with van der Waals surface area (Å²) in [4.78, 5) is 4.76. The Kier molecular flexibility index (Phi) is 9.41. The molecule has 0 aliphatic rings. The van der Waals surface area contributed by atoms with Gasteiger partial charge in [0.05, 0.1) is 23.8 Å². The smallest absolute Gasteiger partial charge is 0.300 e. The van der Waals surface area contributed by atoms with Gasteiger partial charge in [-0.3, -0.25) is 4.57 Å². The second-order valence-corrected chi connectivity index (χ2v) is 12.2. The van der Waals surface area contributed by atoms with Crippen molar-refractivity contribution in [2.75, 3.05) is 26.1 Å². The van der Waals surface area contributed by atoms with Crippen molar-refractivity contribution in [3.05, 3.63) is 41.4 Å². The lowest BCUT2D eigenvalue weighted by Crippen LogP contribution is -2.38. The second-order valence-electron chi connectivity index (χ2n) is 9.25. The molecule has 0 aliphatic heterocycles. The van der Waals surface area contributed by atoms with Gasteiger partial charge in [-0.05, 0) is 77.3 Å². The van der Waals surface area contributed by atoms with Crippen molar-refractivity contribution in [1.82, 2.24) is 9.65 Å². The summed E-state index contributed by atoms with van der Waals surface area (Å²) < 4.78 is 26.3. The van der Waals surface area contributed by atoms with E-state index in [4.69, 9.17) is 25.8 Å². The van der Waals surface area contributed by atoms with E-state index in [9.17, 15) is 9.67 Å². The van der Waals surface area contributed by atoms with Crippen molar-refractivity contribution in [3.8, 4) is 5.75 Å². The van der Waals surface area contributed by atoms with Crippen molar-refractivity contribution in [2.45, 2.75) is 64.9 Å². The van der Waals surface area contributed by atoms with Crippen LogP contribution in [0.1, 0.15) is 47.0 Å². The number of aromatic nitrogens is 1. The lowest BCUT2D eigenvalue weighted by molar-refractivity contribution is 0.162. The summed E-state index contributed by atoms with van der Waals surface area (Å²) in [6.07, 6.45) is 1.86. The van der Waals surface area contributed by atoms with E-state index in [1.807, 2.05) is 58.0 Å². The van der Waals surface area contributed by atoms with E-state index in [1.54, 1.807) is 11.8 Å². The maximum absolute atomic E-state index is 13.5. The lowest BCUT2D eigenvalue weighted by atomic mass is 10.1. The summed E-state index contributed by atoms with van der Waals surface area (Å²) in [5, 5.41) is 16.9. The minimum atomic E-state index is -3.36. The number of nitrogens with zero attached hydrogens (tertiary/aromatic N) is 2. The molecule has 1 heterocycles. The van der Waals surface area contributed by atoms with Crippen LogP contribution in [-0.4, -0.2) is 53.5 Å². The quantitative estimate of drug-likeness (QED) is 0.152. The predicted octanol–water partition coefficient (Wildman–Crippen LogP) is 6.91. The zero-order valence-corrected chi connectivity index (χ0v) is 23.1. The number of aliphatic hydroxyl groups is 1. The maximum atomic E-state index is 13.5. The van der Waals surface area contributed by atoms with Gasteiger partial charge in [-0.2, -0.15) is 0 Å². The van der Waals surface area contributed by atoms with E-state index < -0.39 is 13.4 Å². The highest BCUT2D eigenvalue weighted by Crippen LogP contribution is 2.57. The molecule has 2 unspecified atom stereocenters. The first-order chi connectivity index (χ1) is 16.6. The number of ether oxygens (including phenoxy) is 1. The Balaban J connectivity index is 1.70. The molecule has 0 spiro atoms. The van der Waals surface area contributed by atoms with E-state index >= 15 is 0 Å². The van der Waals surface area contributed by atoms with Gasteiger partial charge in [0.15, 0.2) is 0 Å². The normalized spacial score (nSPS) is 14.7. The lowest BCUT2D eigenvalue weighted by Gasteiger charge is -2.38. The molecule has 0 saturated heterocycles. The Morgan fingerprint density at radius 2 is 1.77 bits per heavy atom. The number of aliphatic hydroxyl groups excluding tert-OH is 1. The van der Waals surface area contributed by atoms with Gasteiger partial charge in [0.2, 0.25) is 0 Å². The van der Waals surface area contributed by atoms with Crippen molar-refractivity contribution in [1.29, 1.82) is 0 Å². The number of fused-ring (bicyclic) bond motifs is 2. The second kappa shape index (κ2) is 11.9. The number of benzene rings is 2. The third-order valence-corrected chi connectivity index (χ3v) is 9.48. The predicted molar refractivity (Wildman–Crippen MR) is 146 cm³/mol. The molecule has 35 heavy (non-hydrogen) atoms. The van der Waals surface area contributed by atoms with Gasteiger partial charge in [-0.1, -0.05) is 17.7 Å². The van der Waals surface area contributed by atoms with E-state index in [1.165, 1.54) is 7.11 Å². The summed E-state index contributed by atoms with van der Waals surface area (Å²) >= 11 is 6.14. The Labute approximate surface area is 213 Å². The molecule has 0 saturated carbocycles. The van der Waals surface area contributed by atoms with Gasteiger partial charge in [0.25, 0.3) is 0 Å². The van der Waals surface area contributed by atoms with Gasteiger partial charge < -0.3 is 19.7 Å². The summed E-state index contributed by atoms with van der Waals surface area (Å²) in [6.45, 7) is 8.52. The average molecular weight is 522 g/mol. The molecule has 0 radical (unpaired) electrons. The molecule has 3 aromatic rings. The number of hydrogen-bond donors (Lipinski definition) is 2. The molecule has 2 atom stereocenters. The van der Waals surface area contributed by atoms with Crippen LogP contribution in [0.3, 0.4) is 0 Å². The summed E-state index contributed by atoms with van der Waals surface area (Å²) in [5.74, 6) is -0.298. The highest BCUT2D eigenvalue weighted by Gasteiger charge is 2.41. The first kappa shape index (κ1) is 27.7. The molecule has 2 aromatic carbocycles. The fourth-order valence-electron chi connectivity index (χ4n) is 4.64. The van der Waals surface area contributed by atoms with Crippen LogP contribution >= 0.6 is 19.1 Å². The third-order valence-electron chi connectivity index (χ3n) is 6.15. The van der Waals surface area contributed by atoms with Crippen LogP contribution in [0.5, 0.6) is 5.75 Å². The van der Waals surface area contributed by atoms with Crippen LogP contribution in [0.15, 0.2) is 36.4 Å². The fourth-order valence-corrected chi connectivity index (χ4v) is 7.35. The molecule has 192 valence electrons. The Hall–Kier alpha value is -1.89. The van der Waals surface area contributed by atoms with Crippen LogP contribution in [-0.2, 0) is 9.09 Å². The number of pyridine rings is 1. The maximum Gasteiger partial charge on any atom is 0.300 e. The first-order valence-corrected chi connectivity index (χ1v) is 14.1. The number of halogens is 1. The van der Waals surface area contributed by atoms with E-state index in [0.717, 1.165) is 39.7 Å². The van der Waals surface area contributed by atoms with Gasteiger partial charge in [-0.15, -0.1) is 0 Å². The van der Waals surface area contributed by atoms with E-state index in [0.29, 0.717) is 24.4 Å². The number of anilines is 1. The molecule has 0 amide bonds. The highest BCUT2D eigenvalue weighted by atomic mass is 35.5. The van der Waals surface area contributed by atoms with Crippen LogP contribution in [0, 0.1) is 0 Å². The zero-order valence-electron chi connectivity index (χ0n) is 21.4. The minimum absolute atomic E-state index is 0.00311. The molecule has 1 aromatic heterocycles. The molecule has 0 fully saturated rings. The molecular formula is C26H37ClN3O4P. The first-order valence-electron chi connectivity index (χ1n) is 12.1. The highest BCUT2D eigenvalue weighted by molar-refractivity contribution is 7.57. The molecular weight excluding hydrogens is 485 g/mol. The van der Waals surface area contributed by atoms with Crippen molar-refractivity contribution >= 4 is 46.6 Å². The SMILES string of the molecule is COc1ccc2nc3cc(Cl)ccc3cc2c1NCCCCC(O)P(=O)(OC)N(C(C)C)C(C)C. The molecule has 7 nitrogen and oxygen atoms in total. The van der Waals surface area contributed by atoms with Gasteiger partial charge >= 0.3 is 7.52 Å².